The Morgan fingerprint density at radius 3 is 2.78 bits per heavy atom. The van der Waals surface area contributed by atoms with Crippen LogP contribution in [0.15, 0.2) is 16.5 Å². The summed E-state index contributed by atoms with van der Waals surface area (Å²) in [6.45, 7) is -1.32. The molecule has 0 aromatic carbocycles. The summed E-state index contributed by atoms with van der Waals surface area (Å²) in [5.41, 5.74) is 0. The van der Waals surface area contributed by atoms with Crippen molar-refractivity contribution in [3.8, 4) is 0 Å². The fourth-order valence-corrected chi connectivity index (χ4v) is 2.44. The van der Waals surface area contributed by atoms with E-state index in [4.69, 9.17) is 9.15 Å². The minimum atomic E-state index is -4.39. The number of furan rings is 1. The first-order chi connectivity index (χ1) is 10.7. The standard InChI is InChI=1S/C13H15F3N2O5/c14-13(15,16)7-22-9-3-1-2-8(6-9)17-12(19)10-4-5-11(23-10)18(20)21/h4-5,8-9H,1-3,6-7H2,(H,17,19). The fraction of sp³-hybridized carbons (Fsp3) is 0.615. The average Bonchev–Trinajstić information content (AvgIpc) is 2.95. The van der Waals surface area contributed by atoms with Crippen molar-refractivity contribution < 1.29 is 32.0 Å². The molecule has 1 aliphatic carbocycles. The molecule has 0 aliphatic heterocycles. The first-order valence-electron chi connectivity index (χ1n) is 6.98. The third kappa shape index (κ3) is 5.23. The minimum Gasteiger partial charge on any atom is -0.395 e. The van der Waals surface area contributed by atoms with Gasteiger partial charge in [-0.25, -0.2) is 0 Å². The molecule has 0 radical (unpaired) electrons. The molecule has 1 aliphatic rings. The summed E-state index contributed by atoms with van der Waals surface area (Å²) >= 11 is 0. The maximum Gasteiger partial charge on any atom is 0.433 e. The quantitative estimate of drug-likeness (QED) is 0.659. The van der Waals surface area contributed by atoms with E-state index in [-0.39, 0.29) is 18.2 Å². The summed E-state index contributed by atoms with van der Waals surface area (Å²) in [5, 5.41) is 13.1. The van der Waals surface area contributed by atoms with Crippen LogP contribution in [0.2, 0.25) is 0 Å². The highest BCUT2D eigenvalue weighted by Gasteiger charge is 2.32. The number of alkyl halides is 3. The maximum atomic E-state index is 12.1. The Hall–Kier alpha value is -2.10. The Kier molecular flexibility index (Phi) is 5.24. The van der Waals surface area contributed by atoms with Crippen LogP contribution < -0.4 is 5.32 Å². The number of nitrogens with one attached hydrogen (secondary N) is 1. The summed E-state index contributed by atoms with van der Waals surface area (Å²) in [6.07, 6.45) is -3.00. The second-order valence-electron chi connectivity index (χ2n) is 5.28. The number of nitro groups is 1. The molecular formula is C13H15F3N2O5. The Bertz CT molecular complexity index is 572. The van der Waals surface area contributed by atoms with Gasteiger partial charge in [0.2, 0.25) is 0 Å². The summed E-state index contributed by atoms with van der Waals surface area (Å²) < 4.78 is 46.0. The number of hydrogen-bond acceptors (Lipinski definition) is 5. The number of ether oxygens (including phenoxy) is 1. The highest BCUT2D eigenvalue weighted by atomic mass is 19.4. The Labute approximate surface area is 128 Å². The van der Waals surface area contributed by atoms with Crippen molar-refractivity contribution in [3.63, 3.8) is 0 Å². The van der Waals surface area contributed by atoms with E-state index in [0.29, 0.717) is 19.3 Å². The summed E-state index contributed by atoms with van der Waals surface area (Å²) in [6, 6.07) is 1.87. The molecule has 23 heavy (non-hydrogen) atoms. The Balaban J connectivity index is 1.86. The first-order valence-corrected chi connectivity index (χ1v) is 6.98. The van der Waals surface area contributed by atoms with Gasteiger partial charge < -0.3 is 14.5 Å². The maximum absolute atomic E-state index is 12.1. The Morgan fingerprint density at radius 1 is 1.43 bits per heavy atom. The Morgan fingerprint density at radius 2 is 2.17 bits per heavy atom. The van der Waals surface area contributed by atoms with Crippen LogP contribution in [0.4, 0.5) is 19.1 Å². The lowest BCUT2D eigenvalue weighted by Gasteiger charge is -2.29. The van der Waals surface area contributed by atoms with Crippen molar-refractivity contribution in [2.45, 2.75) is 44.0 Å². The van der Waals surface area contributed by atoms with Gasteiger partial charge in [-0.15, -0.1) is 0 Å². The second kappa shape index (κ2) is 6.99. The van der Waals surface area contributed by atoms with E-state index in [0.717, 1.165) is 6.07 Å². The van der Waals surface area contributed by atoms with Crippen molar-refractivity contribution in [2.24, 2.45) is 0 Å². The molecule has 1 aromatic rings. The van der Waals surface area contributed by atoms with E-state index >= 15 is 0 Å². The zero-order valence-corrected chi connectivity index (χ0v) is 12.0. The van der Waals surface area contributed by atoms with Crippen LogP contribution in [0.25, 0.3) is 0 Å². The van der Waals surface area contributed by atoms with Crippen LogP contribution >= 0.6 is 0 Å². The number of nitrogens with zero attached hydrogens (tertiary/aromatic N) is 1. The SMILES string of the molecule is O=C(NC1CCCC(OCC(F)(F)F)C1)c1ccc([N+](=O)[O-])o1. The molecule has 0 bridgehead atoms. The average molecular weight is 336 g/mol. The van der Waals surface area contributed by atoms with E-state index in [2.05, 4.69) is 5.32 Å². The third-order valence-electron chi connectivity index (χ3n) is 3.44. The molecule has 1 heterocycles. The normalized spacial score (nSPS) is 21.9. The number of hydrogen-bond donors (Lipinski definition) is 1. The molecule has 2 rings (SSSR count). The number of carbonyl (C=O) groups excluding carboxylic acids is 1. The number of amides is 1. The third-order valence-corrected chi connectivity index (χ3v) is 3.44. The largest absolute Gasteiger partial charge is 0.433 e. The van der Waals surface area contributed by atoms with Crippen molar-refractivity contribution in [1.29, 1.82) is 0 Å². The molecule has 2 atom stereocenters. The van der Waals surface area contributed by atoms with Gasteiger partial charge in [-0.2, -0.15) is 13.2 Å². The van der Waals surface area contributed by atoms with Gasteiger partial charge in [0, 0.05) is 6.04 Å². The van der Waals surface area contributed by atoms with Crippen molar-refractivity contribution in [1.82, 2.24) is 5.32 Å². The highest BCUT2D eigenvalue weighted by molar-refractivity contribution is 5.91. The predicted molar refractivity (Wildman–Crippen MR) is 70.9 cm³/mol. The molecular weight excluding hydrogens is 321 g/mol. The molecule has 10 heteroatoms. The molecule has 0 spiro atoms. The number of carbonyl (C=O) groups is 1. The van der Waals surface area contributed by atoms with E-state index in [9.17, 15) is 28.1 Å². The molecule has 2 unspecified atom stereocenters. The zero-order valence-electron chi connectivity index (χ0n) is 12.0. The van der Waals surface area contributed by atoms with Gasteiger partial charge in [0.05, 0.1) is 12.2 Å². The lowest BCUT2D eigenvalue weighted by Crippen LogP contribution is -2.41. The molecule has 1 fully saturated rings. The minimum absolute atomic E-state index is 0.213. The van der Waals surface area contributed by atoms with Crippen LogP contribution in [0.5, 0.6) is 0 Å². The van der Waals surface area contributed by atoms with Crippen LogP contribution in [0, 0.1) is 10.1 Å². The smallest absolute Gasteiger partial charge is 0.395 e. The molecule has 128 valence electrons. The van der Waals surface area contributed by atoms with Crippen LogP contribution in [0.3, 0.4) is 0 Å². The van der Waals surface area contributed by atoms with E-state index < -0.39 is 35.6 Å². The van der Waals surface area contributed by atoms with Gasteiger partial charge in [-0.3, -0.25) is 14.9 Å². The summed E-state index contributed by atoms with van der Waals surface area (Å²) in [5.74, 6) is -1.40. The van der Waals surface area contributed by atoms with Crippen molar-refractivity contribution >= 4 is 11.8 Å². The lowest BCUT2D eigenvalue weighted by atomic mass is 9.92. The zero-order chi connectivity index (χ0) is 17.0. The predicted octanol–water partition coefficient (Wildman–Crippen LogP) is 2.81. The van der Waals surface area contributed by atoms with Crippen molar-refractivity contribution in [2.75, 3.05) is 6.61 Å². The van der Waals surface area contributed by atoms with Crippen molar-refractivity contribution in [3.05, 3.63) is 28.0 Å². The highest BCUT2D eigenvalue weighted by Crippen LogP contribution is 2.25. The van der Waals surface area contributed by atoms with Crippen LogP contribution in [0.1, 0.15) is 36.2 Å². The monoisotopic (exact) mass is 336 g/mol. The fourth-order valence-electron chi connectivity index (χ4n) is 2.44. The lowest BCUT2D eigenvalue weighted by molar-refractivity contribution is -0.402. The van der Waals surface area contributed by atoms with Gasteiger partial charge in [0.25, 0.3) is 5.91 Å². The molecule has 1 N–H and O–H groups in total. The summed E-state index contributed by atoms with van der Waals surface area (Å²) in [7, 11) is 0. The van der Waals surface area contributed by atoms with E-state index in [1.54, 1.807) is 0 Å². The topological polar surface area (TPSA) is 94.6 Å². The molecule has 0 saturated heterocycles. The van der Waals surface area contributed by atoms with Crippen LogP contribution in [-0.2, 0) is 4.74 Å². The first kappa shape index (κ1) is 17.3. The van der Waals surface area contributed by atoms with Gasteiger partial charge in [-0.05, 0) is 31.7 Å². The molecule has 1 saturated carbocycles. The second-order valence-corrected chi connectivity index (χ2v) is 5.28. The number of rotatable bonds is 5. The summed E-state index contributed by atoms with van der Waals surface area (Å²) in [4.78, 5) is 21.7. The molecule has 1 amide bonds. The van der Waals surface area contributed by atoms with Gasteiger partial charge in [0.15, 0.2) is 5.76 Å². The van der Waals surface area contributed by atoms with E-state index in [1.807, 2.05) is 0 Å². The van der Waals surface area contributed by atoms with E-state index in [1.165, 1.54) is 6.07 Å². The van der Waals surface area contributed by atoms with Gasteiger partial charge in [-0.1, -0.05) is 0 Å². The van der Waals surface area contributed by atoms with Gasteiger partial charge in [0.1, 0.15) is 11.5 Å². The van der Waals surface area contributed by atoms with Gasteiger partial charge >= 0.3 is 12.1 Å². The van der Waals surface area contributed by atoms with Crippen LogP contribution in [-0.4, -0.2) is 35.8 Å². The molecule has 1 aromatic heterocycles. The molecule has 7 nitrogen and oxygen atoms in total. The number of halogens is 3.